The number of nitriles is 1. The zero-order valence-corrected chi connectivity index (χ0v) is 18.3. The summed E-state index contributed by atoms with van der Waals surface area (Å²) in [5.41, 5.74) is 4.40. The van der Waals surface area contributed by atoms with Crippen LogP contribution in [-0.2, 0) is 20.8 Å². The molecule has 3 rings (SSSR count). The fraction of sp³-hybridized carbons (Fsp3) is 0.375. The van der Waals surface area contributed by atoms with Crippen LogP contribution in [0.1, 0.15) is 45.7 Å². The first-order chi connectivity index (χ1) is 14.8. The normalized spacial score (nSPS) is 16.1. The Labute approximate surface area is 182 Å². The first-order valence-corrected chi connectivity index (χ1v) is 10.2. The number of anilines is 1. The topological polar surface area (TPSA) is 93.4 Å². The van der Waals surface area contributed by atoms with E-state index in [2.05, 4.69) is 9.88 Å². The molecular formula is C24H27N3O4. The van der Waals surface area contributed by atoms with Gasteiger partial charge in [0.1, 0.15) is 11.6 Å². The van der Waals surface area contributed by atoms with Gasteiger partial charge in [-0.3, -0.25) is 4.79 Å². The van der Waals surface area contributed by atoms with Crippen LogP contribution < -0.4 is 5.32 Å². The number of hydrogen-bond donors (Lipinski definition) is 1. The van der Waals surface area contributed by atoms with Crippen molar-refractivity contribution in [3.05, 3.63) is 57.9 Å². The number of aryl methyl sites for hydroxylation is 2. The average molecular weight is 421 g/mol. The highest BCUT2D eigenvalue weighted by atomic mass is 16.5. The molecule has 1 atom stereocenters. The molecule has 1 N–H and O–H groups in total. The van der Waals surface area contributed by atoms with E-state index in [9.17, 15) is 14.9 Å². The minimum atomic E-state index is -0.531. The van der Waals surface area contributed by atoms with Gasteiger partial charge in [0, 0.05) is 30.2 Å². The fourth-order valence-corrected chi connectivity index (χ4v) is 3.74. The molecule has 1 aromatic carbocycles. The number of esters is 1. The van der Waals surface area contributed by atoms with Gasteiger partial charge < -0.3 is 19.4 Å². The van der Waals surface area contributed by atoms with Gasteiger partial charge in [-0.15, -0.1) is 0 Å². The molecule has 2 heterocycles. The lowest BCUT2D eigenvalue weighted by Gasteiger charge is -2.14. The molecule has 0 unspecified atom stereocenters. The van der Waals surface area contributed by atoms with E-state index in [1.165, 1.54) is 7.11 Å². The number of carbonyl (C=O) groups is 2. The quantitative estimate of drug-likeness (QED) is 0.433. The molecule has 0 bridgehead atoms. The van der Waals surface area contributed by atoms with Crippen LogP contribution in [0.2, 0.25) is 0 Å². The molecule has 31 heavy (non-hydrogen) atoms. The van der Waals surface area contributed by atoms with Gasteiger partial charge in [-0.05, 0) is 69.0 Å². The summed E-state index contributed by atoms with van der Waals surface area (Å²) in [7, 11) is 1.30. The van der Waals surface area contributed by atoms with Crippen molar-refractivity contribution < 1.29 is 19.1 Å². The van der Waals surface area contributed by atoms with E-state index in [0.29, 0.717) is 11.3 Å². The minimum Gasteiger partial charge on any atom is -0.465 e. The summed E-state index contributed by atoms with van der Waals surface area (Å²) in [5, 5.41) is 12.3. The smallest absolute Gasteiger partial charge is 0.337 e. The number of methoxy groups -OCH3 is 1. The number of rotatable bonds is 6. The Kier molecular flexibility index (Phi) is 6.93. The Morgan fingerprint density at radius 2 is 2.10 bits per heavy atom. The van der Waals surface area contributed by atoms with Gasteiger partial charge in [0.2, 0.25) is 0 Å². The Balaban J connectivity index is 1.83. The Hall–Kier alpha value is -3.37. The lowest BCUT2D eigenvalue weighted by molar-refractivity contribution is -0.112. The molecule has 0 spiro atoms. The highest BCUT2D eigenvalue weighted by molar-refractivity contribution is 6.10. The molecule has 7 nitrogen and oxygen atoms in total. The van der Waals surface area contributed by atoms with E-state index in [4.69, 9.17) is 9.47 Å². The number of nitrogens with one attached hydrogen (secondary N) is 1. The predicted octanol–water partition coefficient (Wildman–Crippen LogP) is 3.92. The SMILES string of the molecule is COC(=O)c1ccc(C)c(NC(=O)/C(C#N)=C/c2cc(C)n(C[C@H]3CCCO3)c2C)c1. The van der Waals surface area contributed by atoms with E-state index in [0.717, 1.165) is 48.5 Å². The number of nitrogens with zero attached hydrogens (tertiary/aromatic N) is 2. The second-order valence-corrected chi connectivity index (χ2v) is 7.72. The minimum absolute atomic E-state index is 0.0137. The largest absolute Gasteiger partial charge is 0.465 e. The van der Waals surface area contributed by atoms with E-state index in [1.54, 1.807) is 24.3 Å². The van der Waals surface area contributed by atoms with E-state index >= 15 is 0 Å². The fourth-order valence-electron chi connectivity index (χ4n) is 3.74. The predicted molar refractivity (Wildman–Crippen MR) is 118 cm³/mol. The van der Waals surface area contributed by atoms with Gasteiger partial charge in [0.15, 0.2) is 0 Å². The molecule has 7 heteroatoms. The Morgan fingerprint density at radius 1 is 1.32 bits per heavy atom. The maximum absolute atomic E-state index is 12.8. The van der Waals surface area contributed by atoms with Crippen molar-refractivity contribution >= 4 is 23.6 Å². The van der Waals surface area contributed by atoms with Gasteiger partial charge in [-0.25, -0.2) is 4.79 Å². The maximum Gasteiger partial charge on any atom is 0.337 e. The lowest BCUT2D eigenvalue weighted by atomic mass is 10.1. The van der Waals surface area contributed by atoms with Crippen LogP contribution in [0.5, 0.6) is 0 Å². The maximum atomic E-state index is 12.8. The number of benzene rings is 1. The molecule has 0 saturated carbocycles. The summed E-state index contributed by atoms with van der Waals surface area (Å²) in [6.45, 7) is 7.36. The van der Waals surface area contributed by atoms with Crippen molar-refractivity contribution in [3.8, 4) is 6.07 Å². The number of ether oxygens (including phenoxy) is 2. The van der Waals surface area contributed by atoms with Gasteiger partial charge in [0.25, 0.3) is 5.91 Å². The summed E-state index contributed by atoms with van der Waals surface area (Å²) in [5.74, 6) is -1.03. The second-order valence-electron chi connectivity index (χ2n) is 7.72. The van der Waals surface area contributed by atoms with Crippen LogP contribution in [0.3, 0.4) is 0 Å². The monoisotopic (exact) mass is 421 g/mol. The van der Waals surface area contributed by atoms with Crippen molar-refractivity contribution in [1.29, 1.82) is 5.26 Å². The van der Waals surface area contributed by atoms with Crippen molar-refractivity contribution in [2.45, 2.75) is 46.3 Å². The van der Waals surface area contributed by atoms with Crippen LogP contribution in [-0.4, -0.2) is 36.3 Å². The highest BCUT2D eigenvalue weighted by Crippen LogP contribution is 2.23. The molecule has 162 valence electrons. The molecular weight excluding hydrogens is 394 g/mol. The van der Waals surface area contributed by atoms with E-state index in [1.807, 2.05) is 32.9 Å². The van der Waals surface area contributed by atoms with Crippen LogP contribution >= 0.6 is 0 Å². The van der Waals surface area contributed by atoms with Crippen molar-refractivity contribution in [2.75, 3.05) is 19.0 Å². The van der Waals surface area contributed by atoms with Crippen molar-refractivity contribution in [3.63, 3.8) is 0 Å². The van der Waals surface area contributed by atoms with Crippen LogP contribution in [0.15, 0.2) is 29.8 Å². The first kappa shape index (κ1) is 22.3. The molecule has 0 radical (unpaired) electrons. The molecule has 1 fully saturated rings. The Bertz CT molecular complexity index is 1070. The third kappa shape index (κ3) is 5.04. The van der Waals surface area contributed by atoms with Gasteiger partial charge >= 0.3 is 5.97 Å². The van der Waals surface area contributed by atoms with Gasteiger partial charge in [-0.2, -0.15) is 5.26 Å². The summed E-state index contributed by atoms with van der Waals surface area (Å²) in [6.07, 6.45) is 3.92. The van der Waals surface area contributed by atoms with Crippen molar-refractivity contribution in [1.82, 2.24) is 4.57 Å². The van der Waals surface area contributed by atoms with Crippen LogP contribution in [0.25, 0.3) is 6.08 Å². The molecule has 1 saturated heterocycles. The molecule has 0 aliphatic carbocycles. The third-order valence-corrected chi connectivity index (χ3v) is 5.59. The van der Waals surface area contributed by atoms with E-state index in [-0.39, 0.29) is 11.7 Å². The second kappa shape index (κ2) is 9.63. The number of hydrogen-bond acceptors (Lipinski definition) is 5. The van der Waals surface area contributed by atoms with Gasteiger partial charge in [0.05, 0.1) is 18.8 Å². The number of carbonyl (C=O) groups excluding carboxylic acids is 2. The summed E-state index contributed by atoms with van der Waals surface area (Å²) >= 11 is 0. The zero-order chi connectivity index (χ0) is 22.5. The molecule has 1 aromatic heterocycles. The highest BCUT2D eigenvalue weighted by Gasteiger charge is 2.19. The summed E-state index contributed by atoms with van der Waals surface area (Å²) in [4.78, 5) is 24.6. The lowest BCUT2D eigenvalue weighted by Crippen LogP contribution is -2.17. The standard InChI is InChI=1S/C24H27N3O4/c1-15-7-8-18(24(29)30-4)12-22(15)26-23(28)20(13-25)11-19-10-16(2)27(17(19)3)14-21-6-5-9-31-21/h7-8,10-12,21H,5-6,9,14H2,1-4H3,(H,26,28)/b20-11+/t21-/m1/s1. The number of amides is 1. The third-order valence-electron chi connectivity index (χ3n) is 5.59. The number of aromatic nitrogens is 1. The zero-order valence-electron chi connectivity index (χ0n) is 18.3. The van der Waals surface area contributed by atoms with E-state index < -0.39 is 11.9 Å². The average Bonchev–Trinajstić information content (AvgIpc) is 3.36. The first-order valence-electron chi connectivity index (χ1n) is 10.2. The molecule has 1 aliphatic rings. The van der Waals surface area contributed by atoms with Crippen LogP contribution in [0, 0.1) is 32.1 Å². The summed E-state index contributed by atoms with van der Waals surface area (Å²) in [6, 6.07) is 8.85. The Morgan fingerprint density at radius 3 is 2.74 bits per heavy atom. The van der Waals surface area contributed by atoms with Gasteiger partial charge in [-0.1, -0.05) is 6.07 Å². The molecule has 1 aliphatic heterocycles. The van der Waals surface area contributed by atoms with Crippen molar-refractivity contribution in [2.24, 2.45) is 0 Å². The van der Waals surface area contributed by atoms with Crippen LogP contribution in [0.4, 0.5) is 5.69 Å². The summed E-state index contributed by atoms with van der Waals surface area (Å²) < 4.78 is 12.6. The molecule has 2 aromatic rings. The molecule has 1 amide bonds.